The molecule has 1 saturated heterocycles. The Bertz CT molecular complexity index is 519. The van der Waals surface area contributed by atoms with E-state index in [0.29, 0.717) is 11.7 Å². The zero-order chi connectivity index (χ0) is 13.6. The summed E-state index contributed by atoms with van der Waals surface area (Å²) in [6, 6.07) is 0. The highest BCUT2D eigenvalue weighted by molar-refractivity contribution is 6.62. The molecule has 1 aliphatic rings. The fourth-order valence-electron chi connectivity index (χ4n) is 1.75. The molecule has 0 bridgehead atoms. The predicted octanol–water partition coefficient (Wildman–Crippen LogP) is 0.487. The van der Waals surface area contributed by atoms with Gasteiger partial charge in [-0.05, 0) is 27.7 Å². The molecule has 1 N–H and O–H groups in total. The van der Waals surface area contributed by atoms with Crippen LogP contribution >= 0.6 is 0 Å². The quantitative estimate of drug-likeness (QED) is 0.611. The normalized spacial score (nSPS) is 21.0. The third kappa shape index (κ3) is 1.91. The van der Waals surface area contributed by atoms with Crippen LogP contribution in [-0.4, -0.2) is 29.6 Å². The summed E-state index contributed by atoms with van der Waals surface area (Å²) >= 11 is 0. The maximum absolute atomic E-state index is 12.0. The van der Waals surface area contributed by atoms with Crippen LogP contribution in [0.25, 0.3) is 0 Å². The van der Waals surface area contributed by atoms with Crippen LogP contribution in [0.4, 0.5) is 0 Å². The minimum Gasteiger partial charge on any atom is -0.399 e. The van der Waals surface area contributed by atoms with Crippen molar-refractivity contribution in [1.29, 1.82) is 0 Å². The number of H-pyrrole nitrogens is 1. The van der Waals surface area contributed by atoms with E-state index < -0.39 is 18.3 Å². The van der Waals surface area contributed by atoms with Crippen molar-refractivity contribution in [2.45, 2.75) is 38.9 Å². The molecule has 1 fully saturated rings. The minimum atomic E-state index is -0.751. The molecule has 0 unspecified atom stereocenters. The second kappa shape index (κ2) is 4.07. The van der Waals surface area contributed by atoms with Gasteiger partial charge in [0.2, 0.25) is 0 Å². The monoisotopic (exact) mass is 249 g/mol. The maximum atomic E-state index is 12.0. The standard InChI is InChI=1S/C12H16BNO4/c1-11(2)12(3,4)18-13(17-11)9-6-14-5-8(7-15)10(9)16/h5-7H,1-4H3,(H,14,16). The van der Waals surface area contributed by atoms with Crippen LogP contribution in [0, 0.1) is 0 Å². The van der Waals surface area contributed by atoms with Gasteiger partial charge in [-0.3, -0.25) is 9.59 Å². The van der Waals surface area contributed by atoms with E-state index in [1.54, 1.807) is 0 Å². The molecule has 18 heavy (non-hydrogen) atoms. The minimum absolute atomic E-state index is 0.0715. The molecular formula is C12H16BNO4. The van der Waals surface area contributed by atoms with E-state index >= 15 is 0 Å². The molecule has 0 spiro atoms. The number of aldehydes is 1. The van der Waals surface area contributed by atoms with Crippen LogP contribution in [0.5, 0.6) is 0 Å². The maximum Gasteiger partial charge on any atom is 0.500 e. The second-order valence-electron chi connectivity index (χ2n) is 5.40. The lowest BCUT2D eigenvalue weighted by Crippen LogP contribution is -2.45. The molecule has 1 aliphatic heterocycles. The van der Waals surface area contributed by atoms with Crippen LogP contribution in [0.3, 0.4) is 0 Å². The summed E-state index contributed by atoms with van der Waals surface area (Å²) in [6.45, 7) is 7.63. The van der Waals surface area contributed by atoms with E-state index in [1.807, 2.05) is 27.7 Å². The van der Waals surface area contributed by atoms with Crippen LogP contribution in [0.2, 0.25) is 0 Å². The number of aromatic nitrogens is 1. The van der Waals surface area contributed by atoms with E-state index in [-0.39, 0.29) is 11.0 Å². The van der Waals surface area contributed by atoms with Gasteiger partial charge >= 0.3 is 7.12 Å². The van der Waals surface area contributed by atoms with Crippen LogP contribution in [0.15, 0.2) is 17.2 Å². The van der Waals surface area contributed by atoms with Crippen molar-refractivity contribution in [1.82, 2.24) is 4.98 Å². The van der Waals surface area contributed by atoms with Gasteiger partial charge in [-0.2, -0.15) is 0 Å². The molecule has 0 aliphatic carbocycles. The highest BCUT2D eigenvalue weighted by Crippen LogP contribution is 2.36. The average molecular weight is 249 g/mol. The molecule has 0 radical (unpaired) electrons. The predicted molar refractivity (Wildman–Crippen MR) is 68.2 cm³/mol. The van der Waals surface area contributed by atoms with Gasteiger partial charge in [0.15, 0.2) is 11.7 Å². The van der Waals surface area contributed by atoms with Gasteiger partial charge in [0.25, 0.3) is 0 Å². The Balaban J connectivity index is 2.42. The largest absolute Gasteiger partial charge is 0.500 e. The first-order chi connectivity index (χ1) is 8.28. The Hall–Kier alpha value is -1.40. The van der Waals surface area contributed by atoms with Gasteiger partial charge in [0.1, 0.15) is 0 Å². The fourth-order valence-corrected chi connectivity index (χ4v) is 1.75. The molecule has 0 aromatic carbocycles. The van der Waals surface area contributed by atoms with E-state index in [1.165, 1.54) is 12.4 Å². The molecular weight excluding hydrogens is 233 g/mol. The summed E-state index contributed by atoms with van der Waals surface area (Å²) in [6.07, 6.45) is 3.40. The lowest BCUT2D eigenvalue weighted by Gasteiger charge is -2.32. The van der Waals surface area contributed by atoms with Gasteiger partial charge < -0.3 is 14.3 Å². The Labute approximate surface area is 106 Å². The number of carbonyl (C=O) groups is 1. The molecule has 0 saturated carbocycles. The summed E-state index contributed by atoms with van der Waals surface area (Å²) in [4.78, 5) is 25.5. The third-order valence-corrected chi connectivity index (χ3v) is 3.64. The molecule has 96 valence electrons. The van der Waals surface area contributed by atoms with Gasteiger partial charge in [-0.25, -0.2) is 0 Å². The first-order valence-corrected chi connectivity index (χ1v) is 5.80. The summed E-state index contributed by atoms with van der Waals surface area (Å²) in [5.41, 5.74) is -0.995. The lowest BCUT2D eigenvalue weighted by molar-refractivity contribution is 0.00578. The van der Waals surface area contributed by atoms with Gasteiger partial charge in [-0.15, -0.1) is 0 Å². The lowest BCUT2D eigenvalue weighted by atomic mass is 9.79. The number of hydrogen-bond donors (Lipinski definition) is 1. The van der Waals surface area contributed by atoms with Crippen molar-refractivity contribution in [3.8, 4) is 0 Å². The Morgan fingerprint density at radius 1 is 1.17 bits per heavy atom. The van der Waals surface area contributed by atoms with Crippen LogP contribution in [-0.2, 0) is 9.31 Å². The SMILES string of the molecule is CC1(C)OB(c2c[nH]cc(C=O)c2=O)OC1(C)C. The zero-order valence-corrected chi connectivity index (χ0v) is 10.9. The van der Waals surface area contributed by atoms with Crippen molar-refractivity contribution >= 4 is 18.9 Å². The Morgan fingerprint density at radius 2 is 1.72 bits per heavy atom. The number of aromatic amines is 1. The molecule has 1 aromatic rings. The first-order valence-electron chi connectivity index (χ1n) is 5.80. The number of rotatable bonds is 2. The third-order valence-electron chi connectivity index (χ3n) is 3.64. The Kier molecular flexibility index (Phi) is 2.95. The van der Waals surface area contributed by atoms with Crippen molar-refractivity contribution in [2.24, 2.45) is 0 Å². The van der Waals surface area contributed by atoms with Crippen LogP contribution in [0.1, 0.15) is 38.1 Å². The molecule has 1 aromatic heterocycles. The van der Waals surface area contributed by atoms with E-state index in [4.69, 9.17) is 9.31 Å². The van der Waals surface area contributed by atoms with Gasteiger partial charge in [-0.1, -0.05) is 0 Å². The number of nitrogens with one attached hydrogen (secondary N) is 1. The topological polar surface area (TPSA) is 68.4 Å². The van der Waals surface area contributed by atoms with Crippen LogP contribution < -0.4 is 10.9 Å². The molecule has 2 heterocycles. The number of hydrogen-bond acceptors (Lipinski definition) is 4. The van der Waals surface area contributed by atoms with E-state index in [2.05, 4.69) is 4.98 Å². The number of carbonyl (C=O) groups excluding carboxylic acids is 1. The second-order valence-corrected chi connectivity index (χ2v) is 5.40. The number of pyridine rings is 1. The van der Waals surface area contributed by atoms with E-state index in [0.717, 1.165) is 0 Å². The van der Waals surface area contributed by atoms with Crippen molar-refractivity contribution in [3.63, 3.8) is 0 Å². The molecule has 6 heteroatoms. The van der Waals surface area contributed by atoms with Gasteiger partial charge in [0.05, 0.1) is 16.8 Å². The van der Waals surface area contributed by atoms with Crippen molar-refractivity contribution in [3.05, 3.63) is 28.2 Å². The molecule has 5 nitrogen and oxygen atoms in total. The Morgan fingerprint density at radius 3 is 2.22 bits per heavy atom. The van der Waals surface area contributed by atoms with Gasteiger partial charge in [0, 0.05) is 17.9 Å². The smallest absolute Gasteiger partial charge is 0.399 e. The summed E-state index contributed by atoms with van der Waals surface area (Å²) in [5.74, 6) is 0. The summed E-state index contributed by atoms with van der Waals surface area (Å²) in [7, 11) is -0.751. The molecule has 2 rings (SSSR count). The average Bonchev–Trinajstić information content (AvgIpc) is 2.48. The zero-order valence-electron chi connectivity index (χ0n) is 10.9. The summed E-state index contributed by atoms with van der Waals surface area (Å²) < 4.78 is 11.5. The molecule has 0 amide bonds. The van der Waals surface area contributed by atoms with Crippen molar-refractivity contribution < 1.29 is 14.1 Å². The van der Waals surface area contributed by atoms with Crippen molar-refractivity contribution in [2.75, 3.05) is 0 Å². The first kappa shape index (κ1) is 13.0. The highest BCUT2D eigenvalue weighted by Gasteiger charge is 2.52. The summed E-state index contributed by atoms with van der Waals surface area (Å²) in [5, 5.41) is 0. The van der Waals surface area contributed by atoms with E-state index in [9.17, 15) is 9.59 Å². The fraction of sp³-hybridized carbons (Fsp3) is 0.500. The molecule has 0 atom stereocenters. The highest BCUT2D eigenvalue weighted by atomic mass is 16.7.